The van der Waals surface area contributed by atoms with Crippen LogP contribution in [-0.4, -0.2) is 26.5 Å². The number of benzene rings is 2. The van der Waals surface area contributed by atoms with E-state index in [4.69, 9.17) is 0 Å². The van der Waals surface area contributed by atoms with Crippen molar-refractivity contribution < 1.29 is 26.7 Å². The number of aryl methyl sites for hydroxylation is 1. The normalized spacial score (nSPS) is 11.4. The lowest BCUT2D eigenvalue weighted by molar-refractivity contribution is 0.0595. The minimum Gasteiger partial charge on any atom is -0.465 e. The first-order valence-electron chi connectivity index (χ1n) is 7.68. The van der Waals surface area contributed by atoms with Gasteiger partial charge in [-0.2, -0.15) is 0 Å². The molecular formula is C18H14F2N2O4S. The van der Waals surface area contributed by atoms with Crippen molar-refractivity contribution in [1.29, 1.82) is 0 Å². The predicted molar refractivity (Wildman–Crippen MR) is 95.0 cm³/mol. The SMILES string of the molecule is COC(=O)c1cc(NS(=O)(=O)c2cccc3cc(C)cnc23)c(F)cc1F. The van der Waals surface area contributed by atoms with E-state index in [1.165, 1.54) is 18.3 Å². The molecule has 1 N–H and O–H groups in total. The number of esters is 1. The standard InChI is InChI=1S/C18H14F2N2O4S/c1-10-6-11-4-3-5-16(17(11)21-9-10)27(24,25)22-15-7-12(18(23)26-2)13(19)8-14(15)20/h3-9,22H,1-2H3. The minimum atomic E-state index is -4.26. The van der Waals surface area contributed by atoms with Crippen LogP contribution in [0.5, 0.6) is 0 Å². The van der Waals surface area contributed by atoms with E-state index in [1.54, 1.807) is 12.1 Å². The van der Waals surface area contributed by atoms with Crippen LogP contribution < -0.4 is 4.72 Å². The largest absolute Gasteiger partial charge is 0.465 e. The Morgan fingerprint density at radius 2 is 1.89 bits per heavy atom. The fourth-order valence-corrected chi connectivity index (χ4v) is 3.79. The maximum absolute atomic E-state index is 14.1. The predicted octanol–water partition coefficient (Wildman–Crippen LogP) is 3.41. The van der Waals surface area contributed by atoms with Crippen LogP contribution in [0.15, 0.2) is 47.5 Å². The van der Waals surface area contributed by atoms with E-state index in [9.17, 15) is 22.0 Å². The van der Waals surface area contributed by atoms with Crippen LogP contribution in [0.4, 0.5) is 14.5 Å². The van der Waals surface area contributed by atoms with E-state index in [2.05, 4.69) is 9.72 Å². The summed E-state index contributed by atoms with van der Waals surface area (Å²) in [7, 11) is -3.24. The van der Waals surface area contributed by atoms with E-state index in [-0.39, 0.29) is 10.4 Å². The number of hydrogen-bond donors (Lipinski definition) is 1. The van der Waals surface area contributed by atoms with Crippen molar-refractivity contribution in [3.05, 3.63) is 65.4 Å². The highest BCUT2D eigenvalue weighted by Gasteiger charge is 2.23. The Labute approximate surface area is 153 Å². The molecule has 140 valence electrons. The molecule has 2 aromatic carbocycles. The number of rotatable bonds is 4. The molecule has 0 aliphatic rings. The summed E-state index contributed by atoms with van der Waals surface area (Å²) >= 11 is 0. The zero-order valence-corrected chi connectivity index (χ0v) is 15.1. The van der Waals surface area contributed by atoms with Gasteiger partial charge in [0.1, 0.15) is 16.5 Å². The summed E-state index contributed by atoms with van der Waals surface area (Å²) in [5.74, 6) is -3.40. The van der Waals surface area contributed by atoms with Gasteiger partial charge in [0.15, 0.2) is 0 Å². The number of ether oxygens (including phenoxy) is 1. The second-order valence-corrected chi connectivity index (χ2v) is 7.40. The maximum atomic E-state index is 14.1. The second-order valence-electron chi connectivity index (χ2n) is 5.75. The number of aromatic nitrogens is 1. The summed E-state index contributed by atoms with van der Waals surface area (Å²) in [6.45, 7) is 1.81. The molecule has 0 saturated carbocycles. The molecule has 0 aliphatic heterocycles. The number of anilines is 1. The smallest absolute Gasteiger partial charge is 0.340 e. The van der Waals surface area contributed by atoms with E-state index in [1.807, 2.05) is 11.6 Å². The van der Waals surface area contributed by atoms with Crippen molar-refractivity contribution in [3.8, 4) is 0 Å². The van der Waals surface area contributed by atoms with Gasteiger partial charge in [0.25, 0.3) is 10.0 Å². The third-order valence-corrected chi connectivity index (χ3v) is 5.20. The van der Waals surface area contributed by atoms with Crippen LogP contribution in [0.1, 0.15) is 15.9 Å². The fourth-order valence-electron chi connectivity index (χ4n) is 2.55. The van der Waals surface area contributed by atoms with Gasteiger partial charge in [-0.25, -0.2) is 22.0 Å². The van der Waals surface area contributed by atoms with Gasteiger partial charge in [0, 0.05) is 17.6 Å². The number of sulfonamides is 1. The molecule has 0 saturated heterocycles. The molecule has 0 radical (unpaired) electrons. The lowest BCUT2D eigenvalue weighted by Gasteiger charge is -2.12. The van der Waals surface area contributed by atoms with Crippen molar-refractivity contribution in [2.24, 2.45) is 0 Å². The Morgan fingerprint density at radius 3 is 2.59 bits per heavy atom. The third kappa shape index (κ3) is 3.59. The first-order chi connectivity index (χ1) is 12.7. The molecule has 0 unspecified atom stereocenters. The molecule has 1 aromatic heterocycles. The van der Waals surface area contributed by atoms with Gasteiger partial charge >= 0.3 is 5.97 Å². The highest BCUT2D eigenvalue weighted by Crippen LogP contribution is 2.26. The zero-order chi connectivity index (χ0) is 19.8. The number of nitrogens with one attached hydrogen (secondary N) is 1. The topological polar surface area (TPSA) is 85.4 Å². The molecule has 27 heavy (non-hydrogen) atoms. The highest BCUT2D eigenvalue weighted by atomic mass is 32.2. The van der Waals surface area contributed by atoms with E-state index >= 15 is 0 Å². The lowest BCUT2D eigenvalue weighted by atomic mass is 10.2. The number of nitrogens with zero attached hydrogens (tertiary/aromatic N) is 1. The van der Waals surface area contributed by atoms with Crippen LogP contribution >= 0.6 is 0 Å². The van der Waals surface area contributed by atoms with Gasteiger partial charge in [-0.15, -0.1) is 0 Å². The van der Waals surface area contributed by atoms with Gasteiger partial charge in [-0.05, 0) is 30.7 Å². The van der Waals surface area contributed by atoms with Crippen LogP contribution in [-0.2, 0) is 14.8 Å². The first kappa shape index (κ1) is 18.7. The Bertz CT molecular complexity index is 1160. The summed E-state index contributed by atoms with van der Waals surface area (Å²) in [6.07, 6.45) is 1.51. The molecule has 3 rings (SSSR count). The average Bonchev–Trinajstić information content (AvgIpc) is 2.62. The molecule has 6 nitrogen and oxygen atoms in total. The zero-order valence-electron chi connectivity index (χ0n) is 14.3. The first-order valence-corrected chi connectivity index (χ1v) is 9.17. The molecule has 0 fully saturated rings. The van der Waals surface area contributed by atoms with Crippen LogP contribution in [0.3, 0.4) is 0 Å². The van der Waals surface area contributed by atoms with Gasteiger partial charge in [0.2, 0.25) is 0 Å². The fraction of sp³-hybridized carbons (Fsp3) is 0.111. The van der Waals surface area contributed by atoms with Crippen molar-refractivity contribution in [2.75, 3.05) is 11.8 Å². The third-order valence-electron chi connectivity index (χ3n) is 3.81. The lowest BCUT2D eigenvalue weighted by Crippen LogP contribution is -2.16. The number of hydrogen-bond acceptors (Lipinski definition) is 5. The molecule has 0 spiro atoms. The Hall–Kier alpha value is -3.07. The molecule has 1 heterocycles. The number of para-hydroxylation sites is 1. The van der Waals surface area contributed by atoms with E-state index in [0.29, 0.717) is 11.5 Å². The number of pyridine rings is 1. The Balaban J connectivity index is 2.09. The van der Waals surface area contributed by atoms with Crippen LogP contribution in [0.2, 0.25) is 0 Å². The van der Waals surface area contributed by atoms with Crippen LogP contribution in [0.25, 0.3) is 10.9 Å². The minimum absolute atomic E-state index is 0.177. The van der Waals surface area contributed by atoms with Gasteiger partial charge in [0.05, 0.1) is 23.9 Å². The van der Waals surface area contributed by atoms with Crippen molar-refractivity contribution in [2.45, 2.75) is 11.8 Å². The summed E-state index contributed by atoms with van der Waals surface area (Å²) in [5, 5.41) is 0.590. The van der Waals surface area contributed by atoms with Crippen molar-refractivity contribution in [1.82, 2.24) is 4.98 Å². The molecule has 9 heteroatoms. The molecule has 3 aromatic rings. The summed E-state index contributed by atoms with van der Waals surface area (Å²) in [4.78, 5) is 15.5. The molecule has 0 bridgehead atoms. The van der Waals surface area contributed by atoms with Crippen molar-refractivity contribution in [3.63, 3.8) is 0 Å². The summed E-state index contributed by atoms with van der Waals surface area (Å²) in [6, 6.07) is 7.46. The van der Waals surface area contributed by atoms with Crippen LogP contribution in [0, 0.1) is 18.6 Å². The van der Waals surface area contributed by atoms with E-state index < -0.39 is 38.9 Å². The average molecular weight is 392 g/mol. The number of fused-ring (bicyclic) bond motifs is 1. The molecule has 0 aliphatic carbocycles. The molecule has 0 atom stereocenters. The number of halogens is 2. The van der Waals surface area contributed by atoms with Gasteiger partial charge < -0.3 is 4.74 Å². The van der Waals surface area contributed by atoms with Crippen molar-refractivity contribution >= 4 is 32.6 Å². The van der Waals surface area contributed by atoms with Gasteiger partial charge in [-0.1, -0.05) is 12.1 Å². The monoisotopic (exact) mass is 392 g/mol. The quantitative estimate of drug-likeness (QED) is 0.688. The maximum Gasteiger partial charge on any atom is 0.340 e. The Morgan fingerprint density at radius 1 is 1.15 bits per heavy atom. The number of carbonyl (C=O) groups is 1. The Kier molecular flexibility index (Phi) is 4.79. The molecule has 0 amide bonds. The number of methoxy groups -OCH3 is 1. The number of carbonyl (C=O) groups excluding carboxylic acids is 1. The molecular weight excluding hydrogens is 378 g/mol. The highest BCUT2D eigenvalue weighted by molar-refractivity contribution is 7.93. The second kappa shape index (κ2) is 6.92. The van der Waals surface area contributed by atoms with Gasteiger partial charge in [-0.3, -0.25) is 9.71 Å². The van der Waals surface area contributed by atoms with E-state index in [0.717, 1.165) is 18.7 Å². The summed E-state index contributed by atoms with van der Waals surface area (Å²) < 4.78 is 59.8. The summed E-state index contributed by atoms with van der Waals surface area (Å²) in [5.41, 5.74) is -0.132.